The second-order valence-corrected chi connectivity index (χ2v) is 4.71. The molecule has 84 valence electrons. The summed E-state index contributed by atoms with van der Waals surface area (Å²) in [5.74, 6) is -0.324. The van der Waals surface area contributed by atoms with E-state index in [4.69, 9.17) is 11.6 Å². The molecule has 0 amide bonds. The maximum Gasteiger partial charge on any atom is 0.147 e. The Kier molecular flexibility index (Phi) is 3.46. The molecule has 2 rings (SSSR count). The summed E-state index contributed by atoms with van der Waals surface area (Å²) in [6.07, 6.45) is 0. The number of hydrogen-bond donors (Lipinski definition) is 1. The molecule has 0 saturated carbocycles. The van der Waals surface area contributed by atoms with Gasteiger partial charge < -0.3 is 5.32 Å². The lowest BCUT2D eigenvalue weighted by Crippen LogP contribution is -2.07. The Morgan fingerprint density at radius 2 is 2.19 bits per heavy atom. The number of para-hydroxylation sites is 1. The Labute approximate surface area is 103 Å². The molecule has 1 aromatic carbocycles. The third-order valence-corrected chi connectivity index (χ3v) is 3.38. The Morgan fingerprint density at radius 3 is 2.81 bits per heavy atom. The SMILES string of the molecule is CC(Nc1c(F)cccc1Cl)c1ccsc1. The van der Waals surface area contributed by atoms with Crippen LogP contribution in [0.15, 0.2) is 35.0 Å². The fourth-order valence-electron chi connectivity index (χ4n) is 1.46. The van der Waals surface area contributed by atoms with Crippen molar-refractivity contribution < 1.29 is 4.39 Å². The second kappa shape index (κ2) is 4.85. The molecule has 0 spiro atoms. The molecular weight excluding hydrogens is 245 g/mol. The van der Waals surface area contributed by atoms with Gasteiger partial charge in [-0.05, 0) is 41.4 Å². The summed E-state index contributed by atoms with van der Waals surface area (Å²) in [4.78, 5) is 0. The Balaban J connectivity index is 2.21. The summed E-state index contributed by atoms with van der Waals surface area (Å²) < 4.78 is 13.5. The lowest BCUT2D eigenvalue weighted by molar-refractivity contribution is 0.627. The number of anilines is 1. The van der Waals surface area contributed by atoms with E-state index in [9.17, 15) is 4.39 Å². The van der Waals surface area contributed by atoms with Crippen molar-refractivity contribution >= 4 is 28.6 Å². The number of hydrogen-bond acceptors (Lipinski definition) is 2. The number of halogens is 2. The van der Waals surface area contributed by atoms with Crippen LogP contribution in [0.25, 0.3) is 0 Å². The third-order valence-electron chi connectivity index (χ3n) is 2.37. The molecule has 1 atom stereocenters. The molecule has 2 aromatic rings. The van der Waals surface area contributed by atoms with E-state index in [1.165, 1.54) is 6.07 Å². The molecule has 0 fully saturated rings. The van der Waals surface area contributed by atoms with Crippen LogP contribution in [0, 0.1) is 5.82 Å². The molecule has 1 heterocycles. The van der Waals surface area contributed by atoms with Crippen LogP contribution >= 0.6 is 22.9 Å². The molecule has 0 aliphatic heterocycles. The standard InChI is InChI=1S/C12H11ClFNS/c1-8(9-5-6-16-7-9)15-12-10(13)3-2-4-11(12)14/h2-8,15H,1H3. The van der Waals surface area contributed by atoms with E-state index >= 15 is 0 Å². The van der Waals surface area contributed by atoms with Crippen molar-refractivity contribution in [1.82, 2.24) is 0 Å². The zero-order valence-corrected chi connectivity index (χ0v) is 10.3. The van der Waals surface area contributed by atoms with Crippen molar-refractivity contribution in [2.75, 3.05) is 5.32 Å². The molecule has 1 aromatic heterocycles. The van der Waals surface area contributed by atoms with Crippen LogP contribution < -0.4 is 5.32 Å². The fourth-order valence-corrected chi connectivity index (χ4v) is 2.43. The van der Waals surface area contributed by atoms with Gasteiger partial charge in [-0.2, -0.15) is 11.3 Å². The van der Waals surface area contributed by atoms with Crippen molar-refractivity contribution in [3.63, 3.8) is 0 Å². The van der Waals surface area contributed by atoms with Crippen LogP contribution in [0.2, 0.25) is 5.02 Å². The predicted octanol–water partition coefficient (Wildman–Crippen LogP) is 4.71. The molecule has 1 nitrogen and oxygen atoms in total. The average Bonchev–Trinajstić information content (AvgIpc) is 2.76. The summed E-state index contributed by atoms with van der Waals surface area (Å²) in [6, 6.07) is 6.72. The molecule has 1 unspecified atom stereocenters. The monoisotopic (exact) mass is 255 g/mol. The summed E-state index contributed by atoms with van der Waals surface area (Å²) >= 11 is 7.56. The molecule has 1 N–H and O–H groups in total. The molecule has 4 heteroatoms. The molecule has 16 heavy (non-hydrogen) atoms. The van der Waals surface area contributed by atoms with Gasteiger partial charge in [0.2, 0.25) is 0 Å². The van der Waals surface area contributed by atoms with Crippen molar-refractivity contribution in [2.24, 2.45) is 0 Å². The zero-order valence-electron chi connectivity index (χ0n) is 8.71. The highest BCUT2D eigenvalue weighted by Gasteiger charge is 2.11. The van der Waals surface area contributed by atoms with Crippen LogP contribution in [-0.2, 0) is 0 Å². The normalized spacial score (nSPS) is 12.4. The van der Waals surface area contributed by atoms with Gasteiger partial charge in [0.25, 0.3) is 0 Å². The summed E-state index contributed by atoms with van der Waals surface area (Å²) in [6.45, 7) is 1.98. The Bertz CT molecular complexity index is 450. The maximum absolute atomic E-state index is 13.5. The summed E-state index contributed by atoms with van der Waals surface area (Å²) in [5.41, 5.74) is 1.49. The van der Waals surface area contributed by atoms with Gasteiger partial charge in [-0.15, -0.1) is 0 Å². The van der Waals surface area contributed by atoms with Crippen LogP contribution in [0.5, 0.6) is 0 Å². The first-order chi connectivity index (χ1) is 7.68. The molecular formula is C12H11ClFNS. The van der Waals surface area contributed by atoms with Gasteiger partial charge in [0.05, 0.1) is 10.7 Å². The quantitative estimate of drug-likeness (QED) is 0.837. The molecule has 0 bridgehead atoms. The van der Waals surface area contributed by atoms with Crippen LogP contribution in [0.3, 0.4) is 0 Å². The average molecular weight is 256 g/mol. The summed E-state index contributed by atoms with van der Waals surface area (Å²) in [5, 5.41) is 7.52. The maximum atomic E-state index is 13.5. The smallest absolute Gasteiger partial charge is 0.147 e. The van der Waals surface area contributed by atoms with Crippen molar-refractivity contribution in [3.8, 4) is 0 Å². The van der Waals surface area contributed by atoms with E-state index in [1.54, 1.807) is 23.5 Å². The lowest BCUT2D eigenvalue weighted by atomic mass is 10.1. The van der Waals surface area contributed by atoms with Gasteiger partial charge in [-0.3, -0.25) is 0 Å². The first-order valence-corrected chi connectivity index (χ1v) is 6.23. The van der Waals surface area contributed by atoms with Crippen molar-refractivity contribution in [3.05, 3.63) is 51.4 Å². The Morgan fingerprint density at radius 1 is 1.38 bits per heavy atom. The Hall–Kier alpha value is -1.06. The third kappa shape index (κ3) is 2.36. The summed E-state index contributed by atoms with van der Waals surface area (Å²) in [7, 11) is 0. The largest absolute Gasteiger partial charge is 0.375 e. The van der Waals surface area contributed by atoms with E-state index in [2.05, 4.69) is 5.32 Å². The van der Waals surface area contributed by atoms with Gasteiger partial charge in [0.15, 0.2) is 0 Å². The highest BCUT2D eigenvalue weighted by atomic mass is 35.5. The van der Waals surface area contributed by atoms with E-state index in [0.717, 1.165) is 5.56 Å². The van der Waals surface area contributed by atoms with E-state index < -0.39 is 0 Å². The van der Waals surface area contributed by atoms with Gasteiger partial charge in [-0.1, -0.05) is 17.7 Å². The topological polar surface area (TPSA) is 12.0 Å². The first kappa shape index (κ1) is 11.4. The van der Waals surface area contributed by atoms with E-state index in [1.807, 2.05) is 23.8 Å². The number of rotatable bonds is 3. The molecule has 0 aliphatic rings. The number of nitrogens with one attached hydrogen (secondary N) is 1. The van der Waals surface area contributed by atoms with Crippen molar-refractivity contribution in [1.29, 1.82) is 0 Å². The van der Waals surface area contributed by atoms with Crippen LogP contribution in [-0.4, -0.2) is 0 Å². The minimum absolute atomic E-state index is 0.0423. The molecule has 0 radical (unpaired) electrons. The van der Waals surface area contributed by atoms with Gasteiger partial charge in [-0.25, -0.2) is 4.39 Å². The van der Waals surface area contributed by atoms with Gasteiger partial charge >= 0.3 is 0 Å². The zero-order chi connectivity index (χ0) is 11.5. The molecule has 0 aliphatic carbocycles. The first-order valence-electron chi connectivity index (χ1n) is 4.91. The minimum Gasteiger partial charge on any atom is -0.375 e. The van der Waals surface area contributed by atoms with E-state index in [-0.39, 0.29) is 11.9 Å². The highest BCUT2D eigenvalue weighted by molar-refractivity contribution is 7.07. The van der Waals surface area contributed by atoms with Gasteiger partial charge in [0.1, 0.15) is 5.82 Å². The van der Waals surface area contributed by atoms with Gasteiger partial charge in [0, 0.05) is 6.04 Å². The minimum atomic E-state index is -0.324. The number of benzene rings is 1. The van der Waals surface area contributed by atoms with Crippen molar-refractivity contribution in [2.45, 2.75) is 13.0 Å². The van der Waals surface area contributed by atoms with Crippen LogP contribution in [0.4, 0.5) is 10.1 Å². The molecule has 0 saturated heterocycles. The fraction of sp³-hybridized carbons (Fsp3) is 0.167. The van der Waals surface area contributed by atoms with E-state index in [0.29, 0.717) is 10.7 Å². The lowest BCUT2D eigenvalue weighted by Gasteiger charge is -2.15. The van der Waals surface area contributed by atoms with Crippen LogP contribution in [0.1, 0.15) is 18.5 Å². The second-order valence-electron chi connectivity index (χ2n) is 3.52. The predicted molar refractivity (Wildman–Crippen MR) is 67.8 cm³/mol. The highest BCUT2D eigenvalue weighted by Crippen LogP contribution is 2.29. The number of thiophene rings is 1.